The molecule has 0 aliphatic heterocycles. The van der Waals surface area contributed by atoms with Crippen molar-refractivity contribution < 1.29 is 5.11 Å². The summed E-state index contributed by atoms with van der Waals surface area (Å²) in [6, 6.07) is 4.24. The Kier molecular flexibility index (Phi) is 7.66. The molecule has 1 N–H and O–H groups in total. The van der Waals surface area contributed by atoms with Gasteiger partial charge in [-0.2, -0.15) is 0 Å². The summed E-state index contributed by atoms with van der Waals surface area (Å²) in [5.74, 6) is 1.64. The number of benzene rings is 1. The van der Waals surface area contributed by atoms with E-state index >= 15 is 0 Å². The van der Waals surface area contributed by atoms with Crippen LogP contribution in [0.25, 0.3) is 0 Å². The predicted octanol–water partition coefficient (Wildman–Crippen LogP) is 4.05. The fourth-order valence-electron chi connectivity index (χ4n) is 2.20. The van der Waals surface area contributed by atoms with Gasteiger partial charge in [0.1, 0.15) is 10.1 Å². The largest absolute Gasteiger partial charge is 0.507 e. The molecule has 1 unspecified atom stereocenters. The Balaban J connectivity index is 3.08. The van der Waals surface area contributed by atoms with Gasteiger partial charge in [-0.3, -0.25) is 0 Å². The highest BCUT2D eigenvalue weighted by Crippen LogP contribution is 2.34. The van der Waals surface area contributed by atoms with Crippen LogP contribution in [0.2, 0.25) is 0 Å². The highest BCUT2D eigenvalue weighted by Gasteiger charge is 2.15. The Bertz CT molecular complexity index is 516. The monoisotopic (exact) mass is 340 g/mol. The lowest BCUT2D eigenvalue weighted by molar-refractivity contribution is 0.383. The number of thioether (sulfide) groups is 1. The molecular weight excluding hydrogens is 312 g/mol. The summed E-state index contributed by atoms with van der Waals surface area (Å²) in [6.45, 7) is 5.06. The highest BCUT2D eigenvalue weighted by molar-refractivity contribution is 8.22. The molecule has 0 fully saturated rings. The van der Waals surface area contributed by atoms with Crippen LogP contribution < -0.4 is 0 Å². The number of hydrogen-bond donors (Lipinski definition) is 1. The Morgan fingerprint density at radius 3 is 2.41 bits per heavy atom. The van der Waals surface area contributed by atoms with Gasteiger partial charge in [0.25, 0.3) is 0 Å². The average molecular weight is 341 g/mol. The second-order valence-corrected chi connectivity index (χ2v) is 7.80. The summed E-state index contributed by atoms with van der Waals surface area (Å²) in [4.78, 5) is 4.04. The van der Waals surface area contributed by atoms with Crippen LogP contribution in [0.4, 0.5) is 0 Å². The molecule has 3 nitrogen and oxygen atoms in total. The molecule has 0 aliphatic carbocycles. The number of phenolic OH excluding ortho intramolecular Hbond substituents is 1. The number of aromatic hydroxyl groups is 1. The predicted molar refractivity (Wildman–Crippen MR) is 102 cm³/mol. The molecule has 0 amide bonds. The van der Waals surface area contributed by atoms with Crippen LogP contribution in [0.1, 0.15) is 42.9 Å². The van der Waals surface area contributed by atoms with E-state index in [1.54, 1.807) is 11.8 Å². The summed E-state index contributed by atoms with van der Waals surface area (Å²) >= 11 is 7.01. The van der Waals surface area contributed by atoms with Crippen LogP contribution in [0.15, 0.2) is 12.1 Å². The van der Waals surface area contributed by atoms with Gasteiger partial charge in [-0.15, -0.1) is 0 Å². The Labute approximate surface area is 144 Å². The first-order valence-electron chi connectivity index (χ1n) is 7.59. The van der Waals surface area contributed by atoms with Gasteiger partial charge in [0, 0.05) is 32.0 Å². The normalized spacial score (nSPS) is 12.5. The van der Waals surface area contributed by atoms with Crippen molar-refractivity contribution in [1.29, 1.82) is 0 Å². The van der Waals surface area contributed by atoms with E-state index in [2.05, 4.69) is 30.9 Å². The van der Waals surface area contributed by atoms with Crippen molar-refractivity contribution in [2.45, 2.75) is 38.5 Å². The van der Waals surface area contributed by atoms with Crippen molar-refractivity contribution in [3.05, 3.63) is 28.8 Å². The van der Waals surface area contributed by atoms with E-state index in [0.29, 0.717) is 11.7 Å². The van der Waals surface area contributed by atoms with Crippen LogP contribution in [0.3, 0.4) is 0 Å². The molecule has 0 saturated carbocycles. The minimum Gasteiger partial charge on any atom is -0.507 e. The van der Waals surface area contributed by atoms with Crippen LogP contribution >= 0.6 is 24.0 Å². The number of phenols is 1. The zero-order valence-corrected chi connectivity index (χ0v) is 16.1. The van der Waals surface area contributed by atoms with Gasteiger partial charge in [0.15, 0.2) is 0 Å². The third kappa shape index (κ3) is 5.45. The molecule has 1 rings (SSSR count). The van der Waals surface area contributed by atoms with E-state index in [9.17, 15) is 5.11 Å². The van der Waals surface area contributed by atoms with Crippen LogP contribution in [-0.2, 0) is 12.3 Å². The smallest absolute Gasteiger partial charge is 0.136 e. The number of thiocarbonyl (C=S) groups is 1. The van der Waals surface area contributed by atoms with Gasteiger partial charge in [-0.05, 0) is 43.6 Å². The maximum atomic E-state index is 10.6. The minimum atomic E-state index is 0.353. The van der Waals surface area contributed by atoms with Crippen molar-refractivity contribution in [2.24, 2.45) is 0 Å². The van der Waals surface area contributed by atoms with Gasteiger partial charge >= 0.3 is 0 Å². The maximum absolute atomic E-state index is 10.6. The molecule has 22 heavy (non-hydrogen) atoms. The molecule has 0 aromatic heterocycles. The van der Waals surface area contributed by atoms with E-state index in [-0.39, 0.29) is 0 Å². The lowest BCUT2D eigenvalue weighted by Gasteiger charge is -2.19. The molecule has 5 heteroatoms. The molecule has 1 atom stereocenters. The van der Waals surface area contributed by atoms with E-state index in [1.165, 1.54) is 5.56 Å². The van der Waals surface area contributed by atoms with E-state index < -0.39 is 0 Å². The third-order valence-electron chi connectivity index (χ3n) is 3.64. The molecule has 0 aliphatic rings. The van der Waals surface area contributed by atoms with Crippen molar-refractivity contribution >= 4 is 28.3 Å². The molecule has 0 spiro atoms. The Morgan fingerprint density at radius 2 is 1.91 bits per heavy atom. The molecule has 0 saturated heterocycles. The molecule has 0 heterocycles. The molecule has 124 valence electrons. The first kappa shape index (κ1) is 19.3. The fraction of sp³-hybridized carbons (Fsp3) is 0.588. The summed E-state index contributed by atoms with van der Waals surface area (Å²) in [7, 11) is 7.97. The lowest BCUT2D eigenvalue weighted by Crippen LogP contribution is -2.16. The van der Waals surface area contributed by atoms with Gasteiger partial charge in [-0.1, -0.05) is 43.9 Å². The summed E-state index contributed by atoms with van der Waals surface area (Å²) in [5, 5.41) is 10.6. The summed E-state index contributed by atoms with van der Waals surface area (Å²) < 4.78 is 0.882. The molecule has 0 bridgehead atoms. The molecule has 0 radical (unpaired) electrons. The molecule has 1 aromatic rings. The lowest BCUT2D eigenvalue weighted by atomic mass is 9.93. The first-order chi connectivity index (χ1) is 10.3. The van der Waals surface area contributed by atoms with Crippen molar-refractivity contribution in [3.8, 4) is 5.75 Å². The van der Waals surface area contributed by atoms with Gasteiger partial charge in [0.2, 0.25) is 0 Å². The van der Waals surface area contributed by atoms with Gasteiger partial charge in [-0.25, -0.2) is 0 Å². The SMILES string of the molecule is CCC(C)c1cc(CSC(=S)N(C)C)cc(CN(C)C)c1O. The van der Waals surface area contributed by atoms with Crippen molar-refractivity contribution in [1.82, 2.24) is 9.80 Å². The van der Waals surface area contributed by atoms with E-state index in [4.69, 9.17) is 12.2 Å². The number of hydrogen-bond acceptors (Lipinski definition) is 4. The Morgan fingerprint density at radius 1 is 1.27 bits per heavy atom. The zero-order valence-electron chi connectivity index (χ0n) is 14.5. The number of rotatable bonds is 6. The van der Waals surface area contributed by atoms with Gasteiger partial charge < -0.3 is 14.9 Å². The van der Waals surface area contributed by atoms with Crippen molar-refractivity contribution in [2.75, 3.05) is 28.2 Å². The number of nitrogens with zero attached hydrogens (tertiary/aromatic N) is 2. The van der Waals surface area contributed by atoms with E-state index in [1.807, 2.05) is 33.1 Å². The zero-order chi connectivity index (χ0) is 16.9. The summed E-state index contributed by atoms with van der Waals surface area (Å²) in [6.07, 6.45) is 1.02. The van der Waals surface area contributed by atoms with Crippen LogP contribution in [0.5, 0.6) is 5.75 Å². The van der Waals surface area contributed by atoms with Crippen LogP contribution in [-0.4, -0.2) is 47.4 Å². The average Bonchev–Trinajstić information content (AvgIpc) is 2.45. The van der Waals surface area contributed by atoms with E-state index in [0.717, 1.165) is 34.2 Å². The maximum Gasteiger partial charge on any atom is 0.136 e. The standard InChI is InChI=1S/C17H28N2OS2/c1-7-12(2)15-9-13(11-22-17(21)19(5)6)8-14(16(15)20)10-18(3)4/h8-9,12,20H,7,10-11H2,1-6H3. The quantitative estimate of drug-likeness (QED) is 0.789. The second kappa shape index (κ2) is 8.75. The highest BCUT2D eigenvalue weighted by atomic mass is 32.2. The Hall–Kier alpha value is -0.780. The first-order valence-corrected chi connectivity index (χ1v) is 8.99. The molecule has 1 aromatic carbocycles. The van der Waals surface area contributed by atoms with Crippen LogP contribution in [0, 0.1) is 0 Å². The molecular formula is C17H28N2OS2. The van der Waals surface area contributed by atoms with Crippen molar-refractivity contribution in [3.63, 3.8) is 0 Å². The topological polar surface area (TPSA) is 26.7 Å². The van der Waals surface area contributed by atoms with Gasteiger partial charge in [0.05, 0.1) is 0 Å². The third-order valence-corrected chi connectivity index (χ3v) is 5.44. The fourth-order valence-corrected chi connectivity index (χ4v) is 3.09. The second-order valence-electron chi connectivity index (χ2n) is 6.19. The minimum absolute atomic E-state index is 0.353. The summed E-state index contributed by atoms with van der Waals surface area (Å²) in [5.41, 5.74) is 3.27.